The molecule has 0 spiro atoms. The summed E-state index contributed by atoms with van der Waals surface area (Å²) in [5.74, 6) is 1.26. The quantitative estimate of drug-likeness (QED) is 0.262. The molecule has 0 N–H and O–H groups in total. The first-order chi connectivity index (χ1) is 14.7. The standard InChI is InChI=1S/C27H54O3Si2/c1-11-32(12-2,13-3)29-25(4,5)19-15-21-27(7,30-31(8,9)10)24-18-17-22-23(28)16-14-20-26(22,24)6/h22,24H,11-21H2,1-10H3/t22-,24-,26-,27-/m0/s1. The Morgan fingerprint density at radius 1 is 0.969 bits per heavy atom. The zero-order chi connectivity index (χ0) is 24.4. The van der Waals surface area contributed by atoms with E-state index in [9.17, 15) is 4.79 Å². The van der Waals surface area contributed by atoms with Crippen molar-refractivity contribution in [2.45, 2.75) is 149 Å². The first-order valence-electron chi connectivity index (χ1n) is 13.6. The Labute approximate surface area is 202 Å². The molecular weight excluding hydrogens is 428 g/mol. The zero-order valence-corrected chi connectivity index (χ0v) is 25.2. The third-order valence-corrected chi connectivity index (χ3v) is 14.9. The van der Waals surface area contributed by atoms with Crippen molar-refractivity contribution in [2.75, 3.05) is 0 Å². The van der Waals surface area contributed by atoms with Crippen LogP contribution in [0.1, 0.15) is 99.8 Å². The summed E-state index contributed by atoms with van der Waals surface area (Å²) < 4.78 is 13.9. The number of carbonyl (C=O) groups is 1. The number of carbonyl (C=O) groups excluding carboxylic acids is 1. The molecule has 2 aliphatic rings. The molecular formula is C27H54O3Si2. The van der Waals surface area contributed by atoms with Crippen molar-refractivity contribution < 1.29 is 13.6 Å². The van der Waals surface area contributed by atoms with Gasteiger partial charge in [-0.1, -0.05) is 27.7 Å². The zero-order valence-electron chi connectivity index (χ0n) is 23.2. The molecule has 0 saturated heterocycles. The number of hydrogen-bond donors (Lipinski definition) is 0. The molecule has 2 aliphatic carbocycles. The van der Waals surface area contributed by atoms with Gasteiger partial charge < -0.3 is 8.85 Å². The van der Waals surface area contributed by atoms with Crippen LogP contribution in [0.15, 0.2) is 0 Å². The summed E-state index contributed by atoms with van der Waals surface area (Å²) in [6.07, 6.45) is 8.53. The van der Waals surface area contributed by atoms with Crippen molar-refractivity contribution in [1.29, 1.82) is 0 Å². The number of rotatable bonds is 12. The molecule has 0 radical (unpaired) electrons. The van der Waals surface area contributed by atoms with Gasteiger partial charge in [0.1, 0.15) is 5.78 Å². The van der Waals surface area contributed by atoms with Gasteiger partial charge in [-0.15, -0.1) is 0 Å². The van der Waals surface area contributed by atoms with Gasteiger partial charge in [-0.2, -0.15) is 0 Å². The maximum atomic E-state index is 12.8. The highest BCUT2D eigenvalue weighted by molar-refractivity contribution is 6.73. The fourth-order valence-electron chi connectivity index (χ4n) is 7.40. The Hall–Kier alpha value is 0.0238. The Morgan fingerprint density at radius 2 is 1.56 bits per heavy atom. The monoisotopic (exact) mass is 482 g/mol. The predicted molar refractivity (Wildman–Crippen MR) is 142 cm³/mol. The summed E-state index contributed by atoms with van der Waals surface area (Å²) in [4.78, 5) is 12.8. The molecule has 0 aromatic heterocycles. The normalized spacial score (nSPS) is 29.1. The molecule has 188 valence electrons. The topological polar surface area (TPSA) is 35.5 Å². The van der Waals surface area contributed by atoms with E-state index < -0.39 is 16.6 Å². The number of ketones is 1. The lowest BCUT2D eigenvalue weighted by Crippen LogP contribution is -2.52. The van der Waals surface area contributed by atoms with Gasteiger partial charge in [-0.05, 0) is 115 Å². The minimum Gasteiger partial charge on any atom is -0.412 e. The fourth-order valence-corrected chi connectivity index (χ4v) is 12.2. The highest BCUT2D eigenvalue weighted by atomic mass is 28.4. The maximum absolute atomic E-state index is 12.8. The van der Waals surface area contributed by atoms with E-state index >= 15 is 0 Å². The Bertz CT molecular complexity index is 629. The molecule has 2 saturated carbocycles. The van der Waals surface area contributed by atoms with Gasteiger partial charge in [0.15, 0.2) is 16.6 Å². The third kappa shape index (κ3) is 6.37. The highest BCUT2D eigenvalue weighted by Crippen LogP contribution is 2.59. The summed E-state index contributed by atoms with van der Waals surface area (Å²) in [5.41, 5.74) is -0.0991. The molecule has 0 heterocycles. The van der Waals surface area contributed by atoms with Crippen molar-refractivity contribution >= 4 is 22.4 Å². The van der Waals surface area contributed by atoms with Crippen LogP contribution >= 0.6 is 0 Å². The fraction of sp³-hybridized carbons (Fsp3) is 0.963. The minimum absolute atomic E-state index is 0.0722. The van der Waals surface area contributed by atoms with E-state index in [0.717, 1.165) is 44.9 Å². The molecule has 0 aromatic rings. The van der Waals surface area contributed by atoms with Crippen LogP contribution in [-0.2, 0) is 13.6 Å². The number of hydrogen-bond acceptors (Lipinski definition) is 3. The Kier molecular flexibility index (Phi) is 9.13. The van der Waals surface area contributed by atoms with Gasteiger partial charge in [0.2, 0.25) is 0 Å². The Morgan fingerprint density at radius 3 is 2.09 bits per heavy atom. The van der Waals surface area contributed by atoms with E-state index in [0.29, 0.717) is 11.7 Å². The smallest absolute Gasteiger partial charge is 0.192 e. The highest BCUT2D eigenvalue weighted by Gasteiger charge is 2.57. The largest absolute Gasteiger partial charge is 0.412 e. The molecule has 0 aliphatic heterocycles. The second-order valence-electron chi connectivity index (χ2n) is 13.0. The van der Waals surface area contributed by atoms with Gasteiger partial charge in [0.25, 0.3) is 0 Å². The van der Waals surface area contributed by atoms with Crippen molar-refractivity contribution in [3.63, 3.8) is 0 Å². The summed E-state index contributed by atoms with van der Waals surface area (Å²) in [7, 11) is -3.34. The lowest BCUT2D eigenvalue weighted by molar-refractivity contribution is -0.132. The predicted octanol–water partition coefficient (Wildman–Crippen LogP) is 8.35. The van der Waals surface area contributed by atoms with Gasteiger partial charge in [-0.3, -0.25) is 4.79 Å². The van der Waals surface area contributed by atoms with Gasteiger partial charge in [0, 0.05) is 12.3 Å². The molecule has 5 heteroatoms. The minimum atomic E-state index is -1.73. The van der Waals surface area contributed by atoms with Gasteiger partial charge in [0.05, 0.1) is 11.2 Å². The van der Waals surface area contributed by atoms with Gasteiger partial charge >= 0.3 is 0 Å². The molecule has 2 fully saturated rings. The van der Waals surface area contributed by atoms with Crippen LogP contribution in [0, 0.1) is 17.3 Å². The van der Waals surface area contributed by atoms with E-state index in [2.05, 4.69) is 68.1 Å². The first-order valence-corrected chi connectivity index (χ1v) is 19.5. The number of fused-ring (bicyclic) bond motifs is 1. The van der Waals surface area contributed by atoms with Gasteiger partial charge in [-0.25, -0.2) is 0 Å². The molecule has 0 amide bonds. The van der Waals surface area contributed by atoms with Crippen LogP contribution in [0.25, 0.3) is 0 Å². The summed E-state index contributed by atoms with van der Waals surface area (Å²) in [5, 5.41) is 0. The van der Waals surface area contributed by atoms with Crippen molar-refractivity contribution in [3.05, 3.63) is 0 Å². The SMILES string of the molecule is CC[Si](CC)(CC)OC(C)(C)CCC[C@](C)(O[Si](C)(C)C)[C@H]1CC[C@H]2C(=O)CCC[C@@]21C. The maximum Gasteiger partial charge on any atom is 0.192 e. The molecule has 0 aromatic carbocycles. The summed E-state index contributed by atoms with van der Waals surface area (Å²) in [6, 6.07) is 3.61. The average molecular weight is 483 g/mol. The van der Waals surface area contributed by atoms with Crippen molar-refractivity contribution in [2.24, 2.45) is 17.3 Å². The van der Waals surface area contributed by atoms with Crippen LogP contribution in [0.5, 0.6) is 0 Å². The number of Topliss-reactive ketones (excluding diaryl/α,β-unsaturated/α-hetero) is 1. The van der Waals surface area contributed by atoms with E-state index in [1.54, 1.807) is 0 Å². The van der Waals surface area contributed by atoms with Crippen LogP contribution in [0.2, 0.25) is 37.8 Å². The Balaban J connectivity index is 2.17. The first kappa shape index (κ1) is 28.3. The summed E-state index contributed by atoms with van der Waals surface area (Å²) in [6.45, 7) is 23.3. The lowest BCUT2D eigenvalue weighted by Gasteiger charge is -2.50. The molecule has 2 rings (SSSR count). The molecule has 3 nitrogen and oxygen atoms in total. The van der Waals surface area contributed by atoms with E-state index in [1.165, 1.54) is 24.6 Å². The average Bonchev–Trinajstić information content (AvgIpc) is 3.04. The van der Waals surface area contributed by atoms with E-state index in [4.69, 9.17) is 8.85 Å². The van der Waals surface area contributed by atoms with Crippen LogP contribution in [-0.4, -0.2) is 33.6 Å². The molecule has 32 heavy (non-hydrogen) atoms. The van der Waals surface area contributed by atoms with E-state index in [1.807, 2.05) is 0 Å². The molecule has 0 bridgehead atoms. The van der Waals surface area contributed by atoms with Crippen molar-refractivity contribution in [1.82, 2.24) is 0 Å². The van der Waals surface area contributed by atoms with Crippen LogP contribution in [0.3, 0.4) is 0 Å². The van der Waals surface area contributed by atoms with Crippen LogP contribution in [0.4, 0.5) is 0 Å². The second kappa shape index (κ2) is 10.3. The second-order valence-corrected chi connectivity index (χ2v) is 22.1. The molecule has 4 atom stereocenters. The van der Waals surface area contributed by atoms with E-state index in [-0.39, 0.29) is 22.5 Å². The molecule has 0 unspecified atom stereocenters. The third-order valence-electron chi connectivity index (χ3n) is 9.02. The van der Waals surface area contributed by atoms with Crippen molar-refractivity contribution in [3.8, 4) is 0 Å². The summed E-state index contributed by atoms with van der Waals surface area (Å²) >= 11 is 0. The lowest BCUT2D eigenvalue weighted by atomic mass is 9.60. The van der Waals surface area contributed by atoms with Crippen LogP contribution < -0.4 is 0 Å².